The van der Waals surface area contributed by atoms with E-state index in [0.717, 1.165) is 0 Å². The van der Waals surface area contributed by atoms with E-state index >= 15 is 0 Å². The van der Waals surface area contributed by atoms with Gasteiger partial charge in [0.25, 0.3) is 0 Å². The average Bonchev–Trinajstić information content (AvgIpc) is 0. The van der Waals surface area contributed by atoms with E-state index in [4.69, 9.17) is 0 Å². The van der Waals surface area contributed by atoms with Crippen molar-refractivity contribution in [1.29, 1.82) is 0 Å². The molecule has 0 aliphatic heterocycles. The minimum Gasteiger partial charge on any atom is -0.693 e. The van der Waals surface area contributed by atoms with E-state index in [1.165, 1.54) is 0 Å². The molecule has 0 aromatic carbocycles. The molecule has 5 heteroatoms. The molecular weight excluding hydrogens is 246 g/mol. The maximum absolute atomic E-state index is 0. The normalized spacial score (nSPS) is 0. The first-order valence-corrected chi connectivity index (χ1v) is 0. The number of hydrogen-bond donors (Lipinski definition) is 0. The van der Waals surface area contributed by atoms with E-state index in [9.17, 15) is 0 Å². The van der Waals surface area contributed by atoms with Crippen molar-refractivity contribution < 1.29 is 19.8 Å². The number of nitrogens with two attached hydrogens (primary N) is 4. The SMILES string of the molecule is [NH2-].[NH2-].[NH2-].[NH2-].[Os+7]. The van der Waals surface area contributed by atoms with E-state index in [-0.39, 0.29) is 44.4 Å². The molecule has 0 saturated heterocycles. The predicted molar refractivity (Wildman–Crippen MR) is 21.1 cm³/mol. The van der Waals surface area contributed by atoms with Crippen LogP contribution in [0.3, 0.4) is 0 Å². The Morgan fingerprint density at radius 3 is 0.400 bits per heavy atom. The molecule has 0 aliphatic carbocycles. The van der Waals surface area contributed by atoms with E-state index in [2.05, 4.69) is 0 Å². The van der Waals surface area contributed by atoms with Crippen molar-refractivity contribution in [3.8, 4) is 0 Å². The molecule has 0 heterocycles. The molecule has 4 nitrogen and oxygen atoms in total. The molecule has 0 bridgehead atoms. The summed E-state index contributed by atoms with van der Waals surface area (Å²) in [6.07, 6.45) is 0. The van der Waals surface area contributed by atoms with E-state index in [0.29, 0.717) is 0 Å². The minimum atomic E-state index is 0. The Bertz CT molecular complexity index is 3.61. The third kappa shape index (κ3) is 121. The zero-order valence-electron chi connectivity index (χ0n) is 2.66. The summed E-state index contributed by atoms with van der Waals surface area (Å²) in [5, 5.41) is 0. The monoisotopic (exact) mass is 256 g/mol. The Labute approximate surface area is 45.1 Å². The van der Waals surface area contributed by atoms with Gasteiger partial charge in [-0.05, 0) is 0 Å². The Kier molecular flexibility index (Phi) is 23100. The summed E-state index contributed by atoms with van der Waals surface area (Å²) in [6.45, 7) is 0. The summed E-state index contributed by atoms with van der Waals surface area (Å²) < 4.78 is 0. The predicted octanol–water partition coefficient (Wildman–Crippen LogP) is 2.87. The van der Waals surface area contributed by atoms with Gasteiger partial charge in [-0.3, -0.25) is 0 Å². The molecule has 8 N–H and O–H groups in total. The van der Waals surface area contributed by atoms with Crippen LogP contribution in [0, 0.1) is 0 Å². The molecule has 0 unspecified atom stereocenters. The third-order valence-corrected chi connectivity index (χ3v) is 0. The standard InChI is InChI=1S/4H2N.Os/h4*1H2;/q4*-1;+7. The van der Waals surface area contributed by atoms with Crippen LogP contribution in [0.4, 0.5) is 0 Å². The Balaban J connectivity index is 0. The van der Waals surface area contributed by atoms with E-state index in [1.807, 2.05) is 0 Å². The van der Waals surface area contributed by atoms with Crippen molar-refractivity contribution >= 4 is 0 Å². The van der Waals surface area contributed by atoms with Crippen LogP contribution in [0.25, 0.3) is 24.6 Å². The summed E-state index contributed by atoms with van der Waals surface area (Å²) in [4.78, 5) is 0. The smallest absolute Gasteiger partial charge is 0.693 e. The van der Waals surface area contributed by atoms with Gasteiger partial charge in [0.1, 0.15) is 0 Å². The molecule has 0 rings (SSSR count). The first-order valence-electron chi connectivity index (χ1n) is 0. The van der Waals surface area contributed by atoms with Gasteiger partial charge in [0, 0.05) is 0 Å². The van der Waals surface area contributed by atoms with Gasteiger partial charge in [0.05, 0.1) is 0 Å². The second-order valence-electron chi connectivity index (χ2n) is 0. The molecule has 0 fully saturated rings. The topological polar surface area (TPSA) is 134 Å². The van der Waals surface area contributed by atoms with Crippen LogP contribution >= 0.6 is 0 Å². The first kappa shape index (κ1) is 484. The Morgan fingerprint density at radius 1 is 0.400 bits per heavy atom. The van der Waals surface area contributed by atoms with Crippen LogP contribution in [0.5, 0.6) is 0 Å². The summed E-state index contributed by atoms with van der Waals surface area (Å²) >= 11 is 0. The van der Waals surface area contributed by atoms with Crippen LogP contribution in [0.2, 0.25) is 0 Å². The summed E-state index contributed by atoms with van der Waals surface area (Å²) in [5.41, 5.74) is 0. The van der Waals surface area contributed by atoms with Crippen LogP contribution in [0.15, 0.2) is 0 Å². The Morgan fingerprint density at radius 2 is 0.400 bits per heavy atom. The minimum absolute atomic E-state index is 0. The summed E-state index contributed by atoms with van der Waals surface area (Å²) in [7, 11) is 0. The average molecular weight is 254 g/mol. The molecule has 0 aliphatic rings. The number of hydrogen-bond acceptors (Lipinski definition) is 0. The molecule has 0 saturated carbocycles. The van der Waals surface area contributed by atoms with Gasteiger partial charge in [0.2, 0.25) is 0 Å². The van der Waals surface area contributed by atoms with Crippen LogP contribution in [-0.2, 0) is 19.8 Å². The zero-order chi connectivity index (χ0) is 0. The Hall–Kier alpha value is 0.476. The van der Waals surface area contributed by atoms with Crippen LogP contribution < -0.4 is 0 Å². The fourth-order valence-corrected chi connectivity index (χ4v) is 0. The third-order valence-electron chi connectivity index (χ3n) is 0. The van der Waals surface area contributed by atoms with Gasteiger partial charge in [-0.15, -0.1) is 0 Å². The van der Waals surface area contributed by atoms with Crippen LogP contribution in [-0.4, -0.2) is 0 Å². The van der Waals surface area contributed by atoms with Gasteiger partial charge in [-0.2, -0.15) is 0 Å². The number of rotatable bonds is 0. The second-order valence-corrected chi connectivity index (χ2v) is 0. The molecule has 5 heavy (non-hydrogen) atoms. The van der Waals surface area contributed by atoms with Gasteiger partial charge in [-0.25, -0.2) is 0 Å². The molecule has 0 spiro atoms. The molecule has 33 valence electrons. The van der Waals surface area contributed by atoms with Crippen LogP contribution in [0.1, 0.15) is 0 Å². The van der Waals surface area contributed by atoms with Gasteiger partial charge in [-0.1, -0.05) is 0 Å². The van der Waals surface area contributed by atoms with Crippen molar-refractivity contribution in [2.75, 3.05) is 0 Å². The van der Waals surface area contributed by atoms with Crippen molar-refractivity contribution in [3.63, 3.8) is 0 Å². The quantitative estimate of drug-likeness (QED) is 0.628. The van der Waals surface area contributed by atoms with Crippen molar-refractivity contribution in [2.45, 2.75) is 0 Å². The van der Waals surface area contributed by atoms with Gasteiger partial charge < -0.3 is 24.6 Å². The zero-order valence-corrected chi connectivity index (χ0v) is 5.20. The van der Waals surface area contributed by atoms with Crippen molar-refractivity contribution in [3.05, 3.63) is 24.6 Å². The van der Waals surface area contributed by atoms with Gasteiger partial charge >= 0.3 is 19.8 Å². The molecule has 0 atom stereocenters. The fraction of sp³-hybridized carbons (Fsp3) is 0. The molecular formula is H8N4Os+3. The second kappa shape index (κ2) is 238. The summed E-state index contributed by atoms with van der Waals surface area (Å²) in [5.74, 6) is 0. The van der Waals surface area contributed by atoms with E-state index < -0.39 is 0 Å². The van der Waals surface area contributed by atoms with Crippen molar-refractivity contribution in [1.82, 2.24) is 0 Å². The maximum atomic E-state index is 0. The van der Waals surface area contributed by atoms with E-state index in [1.54, 1.807) is 0 Å². The largest absolute Gasteiger partial charge is 7.00 e. The molecule has 1 radical (unpaired) electrons. The first-order chi connectivity index (χ1) is 0. The summed E-state index contributed by atoms with van der Waals surface area (Å²) in [6, 6.07) is 0. The van der Waals surface area contributed by atoms with Gasteiger partial charge in [0.15, 0.2) is 0 Å². The maximum Gasteiger partial charge on any atom is 7.00 e. The molecule has 0 aromatic heterocycles. The molecule has 0 aromatic rings. The molecule has 0 amide bonds. The fourth-order valence-electron chi connectivity index (χ4n) is 0. The van der Waals surface area contributed by atoms with Crippen molar-refractivity contribution in [2.24, 2.45) is 0 Å².